The van der Waals surface area contributed by atoms with Gasteiger partial charge in [-0.2, -0.15) is 0 Å². The highest BCUT2D eigenvalue weighted by Gasteiger charge is 2.25. The van der Waals surface area contributed by atoms with E-state index >= 15 is 0 Å². The number of carbonyl (C=O) groups excluding carboxylic acids is 1. The van der Waals surface area contributed by atoms with Gasteiger partial charge in [-0.25, -0.2) is 0 Å². The van der Waals surface area contributed by atoms with Crippen LogP contribution in [0, 0.1) is 25.2 Å². The normalized spacial score (nSPS) is 9.21. The number of ether oxygens (including phenoxy) is 1. The minimum absolute atomic E-state index is 0.0285. The third kappa shape index (κ3) is 41.3. The van der Waals surface area contributed by atoms with Gasteiger partial charge < -0.3 is 5.11 Å². The smallest absolute Gasteiger partial charge is 0.483 e. The zero-order chi connectivity index (χ0) is 34.6. The van der Waals surface area contributed by atoms with E-state index < -0.39 is 6.36 Å². The molecule has 1 rings (SSSR count). The Morgan fingerprint density at radius 2 is 1.67 bits per heavy atom. The molecule has 0 atom stereocenters. The number of hydrogen-bond acceptors (Lipinski definition) is 7. The van der Waals surface area contributed by atoms with Crippen molar-refractivity contribution in [2.75, 3.05) is 24.3 Å². The number of allylic oxidation sites excluding steroid dienone is 6. The van der Waals surface area contributed by atoms with Gasteiger partial charge in [0.1, 0.15) is 10.9 Å². The molecular formula is C31H48F3NO5S2. The van der Waals surface area contributed by atoms with Crippen molar-refractivity contribution in [2.24, 2.45) is 0 Å². The fourth-order valence-corrected chi connectivity index (χ4v) is 2.97. The number of anilines is 1. The summed E-state index contributed by atoms with van der Waals surface area (Å²) >= 11 is 3.26. The number of terminal acetylenes is 2. The maximum absolute atomic E-state index is 12.6. The van der Waals surface area contributed by atoms with Crippen LogP contribution in [0.3, 0.4) is 0 Å². The van der Waals surface area contributed by atoms with E-state index in [1.807, 2.05) is 65.8 Å². The molecule has 0 fully saturated rings. The third-order valence-electron chi connectivity index (χ3n) is 3.16. The van der Waals surface area contributed by atoms with Crippen molar-refractivity contribution in [3.05, 3.63) is 65.1 Å². The SMILES string of the molecule is C#C.C#CC=C.C/C=C\C(=C/C)C(=O)c1cc(CC)sc1NOCSCC.C=C(C)C.CC.COC(F)(F)F.O=CO. The highest BCUT2D eigenvalue weighted by molar-refractivity contribution is 7.99. The monoisotopic (exact) mass is 635 g/mol. The summed E-state index contributed by atoms with van der Waals surface area (Å²) in [7, 11) is 0.583. The average Bonchev–Trinajstić information content (AvgIpc) is 3.39. The van der Waals surface area contributed by atoms with Crippen molar-refractivity contribution in [3.8, 4) is 25.2 Å². The standard InChI is InChI=1S/C16H23NO2S2.C4H8.C4H4.C2H3F3O.C2H6.C2H2.CH2O2/c1-5-9-12(6-2)15(18)14-10-13(7-3)21-16(14)17-19-11-20-8-4;1-4(2)3;1-3-4-2;1-6-2(3,4)5;2*1-2;2-1-3/h5-6,9-10,17H,7-8,11H2,1-4H3;1H2,2-3H3;1,4H,2H2;1H3;1-2H3;1-2H;1H,(H,2,3)/b9-5-,12-6+;;;;;;. The molecule has 11 heteroatoms. The van der Waals surface area contributed by atoms with E-state index in [0.717, 1.165) is 17.2 Å². The Hall–Kier alpha value is -3.22. The van der Waals surface area contributed by atoms with E-state index in [2.05, 4.69) is 62.4 Å². The predicted molar refractivity (Wildman–Crippen MR) is 177 cm³/mol. The number of carboxylic acid groups (broad SMARTS) is 1. The number of thioether (sulfide) groups is 1. The van der Waals surface area contributed by atoms with Gasteiger partial charge in [0.05, 0.1) is 5.56 Å². The fraction of sp³-hybridized carbons (Fsp3) is 0.419. The van der Waals surface area contributed by atoms with Crippen LogP contribution >= 0.6 is 23.1 Å². The summed E-state index contributed by atoms with van der Waals surface area (Å²) in [5.74, 6) is 3.79. The van der Waals surface area contributed by atoms with Gasteiger partial charge in [0.15, 0.2) is 5.78 Å². The summed E-state index contributed by atoms with van der Waals surface area (Å²) in [4.78, 5) is 27.5. The molecule has 0 spiro atoms. The largest absolute Gasteiger partial charge is 0.522 e. The molecule has 0 aromatic carbocycles. The molecule has 0 radical (unpaired) electrons. The van der Waals surface area contributed by atoms with E-state index in [1.165, 1.54) is 16.5 Å². The van der Waals surface area contributed by atoms with E-state index in [-0.39, 0.29) is 12.3 Å². The molecular weight excluding hydrogens is 587 g/mol. The number of alkyl halides is 3. The van der Waals surface area contributed by atoms with E-state index in [1.54, 1.807) is 23.1 Å². The number of hydrogen-bond donors (Lipinski definition) is 2. The van der Waals surface area contributed by atoms with Crippen molar-refractivity contribution < 1.29 is 37.4 Å². The van der Waals surface area contributed by atoms with Gasteiger partial charge in [-0.3, -0.25) is 24.6 Å². The first-order valence-electron chi connectivity index (χ1n) is 12.4. The molecule has 240 valence electrons. The number of carbonyl (C=O) groups is 2. The second-order valence-electron chi connectivity index (χ2n) is 6.57. The van der Waals surface area contributed by atoms with Gasteiger partial charge in [-0.05, 0) is 52.0 Å². The van der Waals surface area contributed by atoms with E-state index in [0.29, 0.717) is 24.2 Å². The Morgan fingerprint density at radius 3 is 1.95 bits per heavy atom. The van der Waals surface area contributed by atoms with Crippen LogP contribution < -0.4 is 5.48 Å². The number of rotatable bonds is 9. The quantitative estimate of drug-likeness (QED) is 0.0322. The maximum atomic E-state index is 12.6. The van der Waals surface area contributed by atoms with Crippen LogP contribution in [0.15, 0.2) is 54.7 Å². The van der Waals surface area contributed by atoms with Gasteiger partial charge in [0, 0.05) is 17.6 Å². The second-order valence-corrected chi connectivity index (χ2v) is 8.93. The van der Waals surface area contributed by atoms with Crippen LogP contribution in [0.2, 0.25) is 0 Å². The van der Waals surface area contributed by atoms with Crippen molar-refractivity contribution in [1.29, 1.82) is 0 Å². The molecule has 2 N–H and O–H groups in total. The summed E-state index contributed by atoms with van der Waals surface area (Å²) in [6, 6.07) is 1.96. The highest BCUT2D eigenvalue weighted by atomic mass is 32.2. The summed E-state index contributed by atoms with van der Waals surface area (Å²) in [6.07, 6.45) is 16.1. The molecule has 0 amide bonds. The second kappa shape index (κ2) is 39.9. The number of aryl methyl sites for hydroxylation is 1. The maximum Gasteiger partial charge on any atom is 0.522 e. The zero-order valence-corrected chi connectivity index (χ0v) is 27.9. The lowest BCUT2D eigenvalue weighted by molar-refractivity contribution is -0.311. The number of Topliss-reactive ketones (excluding diaryl/α,β-unsaturated/α-hetero) is 1. The lowest BCUT2D eigenvalue weighted by Gasteiger charge is -2.07. The molecule has 0 saturated heterocycles. The number of methoxy groups -OCH3 is 1. The highest BCUT2D eigenvalue weighted by Crippen LogP contribution is 2.31. The van der Waals surface area contributed by atoms with Crippen LogP contribution in [-0.2, 0) is 20.8 Å². The van der Waals surface area contributed by atoms with Crippen molar-refractivity contribution in [3.63, 3.8) is 0 Å². The average molecular weight is 636 g/mol. The van der Waals surface area contributed by atoms with E-state index in [4.69, 9.17) is 14.7 Å². The molecule has 0 aliphatic rings. The van der Waals surface area contributed by atoms with Gasteiger partial charge >= 0.3 is 6.36 Å². The molecule has 1 heterocycles. The third-order valence-corrected chi connectivity index (χ3v) is 5.03. The molecule has 1 aromatic heterocycles. The van der Waals surface area contributed by atoms with Crippen molar-refractivity contribution in [2.45, 2.75) is 68.2 Å². The van der Waals surface area contributed by atoms with Crippen LogP contribution in [0.5, 0.6) is 0 Å². The van der Waals surface area contributed by atoms with Crippen molar-refractivity contribution in [1.82, 2.24) is 0 Å². The number of nitrogens with one attached hydrogen (secondary N) is 1. The van der Waals surface area contributed by atoms with Crippen LogP contribution in [0.25, 0.3) is 0 Å². The molecule has 0 unspecified atom stereocenters. The first-order valence-corrected chi connectivity index (χ1v) is 14.4. The zero-order valence-electron chi connectivity index (χ0n) is 26.3. The minimum atomic E-state index is -4.46. The van der Waals surface area contributed by atoms with Crippen LogP contribution in [-0.4, -0.2) is 42.5 Å². The van der Waals surface area contributed by atoms with Crippen LogP contribution in [0.1, 0.15) is 70.6 Å². The Balaban J connectivity index is -0.000000126. The topological polar surface area (TPSA) is 84.9 Å². The summed E-state index contributed by atoms with van der Waals surface area (Å²) in [5, 5.41) is 7.68. The van der Waals surface area contributed by atoms with E-state index in [9.17, 15) is 18.0 Å². The molecule has 0 bridgehead atoms. The number of ketones is 1. The first-order chi connectivity index (χ1) is 19.8. The summed E-state index contributed by atoms with van der Waals surface area (Å²) in [6.45, 7) is 22.4. The fourth-order valence-electron chi connectivity index (χ4n) is 1.72. The number of halogens is 3. The molecule has 6 nitrogen and oxygen atoms in total. The lowest BCUT2D eigenvalue weighted by Crippen LogP contribution is -2.08. The Kier molecular flexibility index (Phi) is 49.0. The Bertz CT molecular complexity index is 925. The predicted octanol–water partition coefficient (Wildman–Crippen LogP) is 9.59. The first kappa shape index (κ1) is 51.5. The number of thiophene rings is 1. The lowest BCUT2D eigenvalue weighted by atomic mass is 10.0. The molecule has 1 aromatic rings. The molecule has 42 heavy (non-hydrogen) atoms. The van der Waals surface area contributed by atoms with Gasteiger partial charge in [-0.15, -0.1) is 62.1 Å². The van der Waals surface area contributed by atoms with Gasteiger partial charge in [0.25, 0.3) is 6.47 Å². The van der Waals surface area contributed by atoms with Gasteiger partial charge in [-0.1, -0.05) is 64.0 Å². The van der Waals surface area contributed by atoms with Gasteiger partial charge in [0.2, 0.25) is 0 Å². The van der Waals surface area contributed by atoms with Crippen molar-refractivity contribution >= 4 is 40.4 Å². The molecule has 0 aliphatic heterocycles. The Labute approximate surface area is 260 Å². The Morgan fingerprint density at radius 1 is 1.24 bits per heavy atom. The molecule has 0 saturated carbocycles. The molecule has 0 aliphatic carbocycles. The minimum Gasteiger partial charge on any atom is -0.483 e. The summed E-state index contributed by atoms with van der Waals surface area (Å²) < 4.78 is 34.6. The summed E-state index contributed by atoms with van der Waals surface area (Å²) in [5.41, 5.74) is 5.48. The van der Waals surface area contributed by atoms with Crippen LogP contribution in [0.4, 0.5) is 18.2 Å².